The summed E-state index contributed by atoms with van der Waals surface area (Å²) in [5.74, 6) is 2.29. The summed E-state index contributed by atoms with van der Waals surface area (Å²) in [4.78, 5) is 4.19. The molecule has 1 aliphatic rings. The summed E-state index contributed by atoms with van der Waals surface area (Å²) in [7, 11) is 1.78. The molecule has 0 spiro atoms. The Morgan fingerprint density at radius 3 is 2.90 bits per heavy atom. The average Bonchev–Trinajstić information content (AvgIpc) is 3.01. The molecule has 1 saturated heterocycles. The number of benzene rings is 1. The molecule has 0 bridgehead atoms. The molecule has 1 unspecified atom stereocenters. The molecule has 1 aromatic rings. The van der Waals surface area contributed by atoms with Crippen LogP contribution in [-0.4, -0.2) is 45.9 Å². The molecule has 5 heteroatoms. The molecule has 1 aromatic carbocycles. The van der Waals surface area contributed by atoms with E-state index in [0.717, 1.165) is 44.4 Å². The first-order valence-corrected chi connectivity index (χ1v) is 7.08. The van der Waals surface area contributed by atoms with Gasteiger partial charge in [0.1, 0.15) is 12.4 Å². The predicted molar refractivity (Wildman–Crippen MR) is 80.2 cm³/mol. The molecule has 5 nitrogen and oxygen atoms in total. The van der Waals surface area contributed by atoms with Gasteiger partial charge in [0, 0.05) is 26.1 Å². The van der Waals surface area contributed by atoms with Crippen LogP contribution in [0.15, 0.2) is 35.3 Å². The van der Waals surface area contributed by atoms with Gasteiger partial charge in [-0.05, 0) is 18.6 Å². The summed E-state index contributed by atoms with van der Waals surface area (Å²) >= 11 is 0. The summed E-state index contributed by atoms with van der Waals surface area (Å²) in [5, 5.41) is 6.55. The Morgan fingerprint density at radius 2 is 2.20 bits per heavy atom. The summed E-state index contributed by atoms with van der Waals surface area (Å²) in [6.45, 7) is 3.95. The van der Waals surface area contributed by atoms with E-state index in [1.807, 2.05) is 30.3 Å². The van der Waals surface area contributed by atoms with Crippen LogP contribution >= 0.6 is 0 Å². The normalized spacial score (nSPS) is 18.9. The van der Waals surface area contributed by atoms with Gasteiger partial charge >= 0.3 is 0 Å². The lowest BCUT2D eigenvalue weighted by molar-refractivity contribution is 0.186. The van der Waals surface area contributed by atoms with Crippen LogP contribution in [0.25, 0.3) is 0 Å². The van der Waals surface area contributed by atoms with Crippen LogP contribution in [0.5, 0.6) is 5.75 Å². The number of nitrogens with zero attached hydrogens (tertiary/aromatic N) is 1. The standard InChI is InChI=1S/C15H23N3O2/c1-16-15(18-11-13-7-9-19-12-13)17-8-10-20-14-5-3-2-4-6-14/h2-6,13H,7-12H2,1H3,(H2,16,17,18). The summed E-state index contributed by atoms with van der Waals surface area (Å²) in [6, 6.07) is 9.81. The van der Waals surface area contributed by atoms with Crippen molar-refractivity contribution in [2.75, 3.05) is 40.0 Å². The molecule has 1 atom stereocenters. The van der Waals surface area contributed by atoms with E-state index in [-0.39, 0.29) is 0 Å². The van der Waals surface area contributed by atoms with Crippen LogP contribution in [0.4, 0.5) is 0 Å². The summed E-state index contributed by atoms with van der Waals surface area (Å²) < 4.78 is 11.0. The van der Waals surface area contributed by atoms with Crippen molar-refractivity contribution in [2.45, 2.75) is 6.42 Å². The van der Waals surface area contributed by atoms with Crippen molar-refractivity contribution in [3.63, 3.8) is 0 Å². The molecule has 110 valence electrons. The van der Waals surface area contributed by atoms with Crippen LogP contribution in [0, 0.1) is 5.92 Å². The van der Waals surface area contributed by atoms with Crippen molar-refractivity contribution in [3.8, 4) is 5.75 Å². The van der Waals surface area contributed by atoms with Crippen molar-refractivity contribution in [1.29, 1.82) is 0 Å². The van der Waals surface area contributed by atoms with E-state index in [1.54, 1.807) is 7.05 Å². The molecule has 2 N–H and O–H groups in total. The van der Waals surface area contributed by atoms with Gasteiger partial charge in [-0.1, -0.05) is 18.2 Å². The van der Waals surface area contributed by atoms with Gasteiger partial charge < -0.3 is 20.1 Å². The lowest BCUT2D eigenvalue weighted by Gasteiger charge is -2.14. The van der Waals surface area contributed by atoms with Gasteiger partial charge in [-0.3, -0.25) is 4.99 Å². The zero-order valence-electron chi connectivity index (χ0n) is 12.0. The van der Waals surface area contributed by atoms with Crippen LogP contribution in [0.3, 0.4) is 0 Å². The number of guanidine groups is 1. The van der Waals surface area contributed by atoms with E-state index < -0.39 is 0 Å². The summed E-state index contributed by atoms with van der Waals surface area (Å²) in [5.41, 5.74) is 0. The fourth-order valence-corrected chi connectivity index (χ4v) is 2.06. The molecule has 1 heterocycles. The number of rotatable bonds is 6. The lowest BCUT2D eigenvalue weighted by atomic mass is 10.1. The first-order chi connectivity index (χ1) is 9.88. The maximum atomic E-state index is 5.61. The fraction of sp³-hybridized carbons (Fsp3) is 0.533. The second kappa shape index (κ2) is 8.43. The molecule has 1 aliphatic heterocycles. The predicted octanol–water partition coefficient (Wildman–Crippen LogP) is 1.27. The van der Waals surface area contributed by atoms with Gasteiger partial charge in [0.2, 0.25) is 0 Å². The molecular formula is C15H23N3O2. The molecule has 20 heavy (non-hydrogen) atoms. The molecular weight excluding hydrogens is 254 g/mol. The number of hydrogen-bond acceptors (Lipinski definition) is 3. The van der Waals surface area contributed by atoms with Crippen molar-refractivity contribution in [2.24, 2.45) is 10.9 Å². The van der Waals surface area contributed by atoms with Crippen LogP contribution in [0.2, 0.25) is 0 Å². The van der Waals surface area contributed by atoms with E-state index in [4.69, 9.17) is 9.47 Å². The lowest BCUT2D eigenvalue weighted by Crippen LogP contribution is -2.41. The van der Waals surface area contributed by atoms with E-state index in [9.17, 15) is 0 Å². The highest BCUT2D eigenvalue weighted by molar-refractivity contribution is 5.79. The van der Waals surface area contributed by atoms with E-state index in [0.29, 0.717) is 12.5 Å². The topological polar surface area (TPSA) is 54.9 Å². The van der Waals surface area contributed by atoms with Crippen LogP contribution in [-0.2, 0) is 4.74 Å². The first-order valence-electron chi connectivity index (χ1n) is 7.08. The fourth-order valence-electron chi connectivity index (χ4n) is 2.06. The third kappa shape index (κ3) is 5.09. The smallest absolute Gasteiger partial charge is 0.191 e. The van der Waals surface area contributed by atoms with Crippen LogP contribution in [0.1, 0.15) is 6.42 Å². The molecule has 0 amide bonds. The van der Waals surface area contributed by atoms with Crippen LogP contribution < -0.4 is 15.4 Å². The average molecular weight is 277 g/mol. The van der Waals surface area contributed by atoms with E-state index in [1.165, 1.54) is 0 Å². The third-order valence-corrected chi connectivity index (χ3v) is 3.21. The summed E-state index contributed by atoms with van der Waals surface area (Å²) in [6.07, 6.45) is 1.13. The third-order valence-electron chi connectivity index (χ3n) is 3.21. The Hall–Kier alpha value is -1.75. The number of hydrogen-bond donors (Lipinski definition) is 2. The van der Waals surface area contributed by atoms with E-state index >= 15 is 0 Å². The highest BCUT2D eigenvalue weighted by atomic mass is 16.5. The molecule has 0 radical (unpaired) electrons. The number of nitrogens with one attached hydrogen (secondary N) is 2. The monoisotopic (exact) mass is 277 g/mol. The van der Waals surface area contributed by atoms with Crippen molar-refractivity contribution in [3.05, 3.63) is 30.3 Å². The van der Waals surface area contributed by atoms with Crippen molar-refractivity contribution in [1.82, 2.24) is 10.6 Å². The maximum absolute atomic E-state index is 5.61. The Kier molecular flexibility index (Phi) is 6.17. The van der Waals surface area contributed by atoms with Crippen molar-refractivity contribution < 1.29 is 9.47 Å². The SMILES string of the molecule is CN=C(NCCOc1ccccc1)NCC1CCOC1. The Bertz CT molecular complexity index is 403. The zero-order valence-corrected chi connectivity index (χ0v) is 12.0. The second-order valence-electron chi connectivity index (χ2n) is 4.77. The number of aliphatic imine (C=N–C) groups is 1. The van der Waals surface area contributed by atoms with Gasteiger partial charge in [0.25, 0.3) is 0 Å². The number of ether oxygens (including phenoxy) is 2. The Balaban J connectivity index is 1.59. The Labute approximate surface area is 120 Å². The molecule has 0 saturated carbocycles. The Morgan fingerprint density at radius 1 is 1.35 bits per heavy atom. The minimum absolute atomic E-state index is 0.592. The van der Waals surface area contributed by atoms with E-state index in [2.05, 4.69) is 15.6 Å². The minimum atomic E-state index is 0.592. The molecule has 0 aliphatic carbocycles. The van der Waals surface area contributed by atoms with Gasteiger partial charge in [0.05, 0.1) is 13.2 Å². The largest absolute Gasteiger partial charge is 0.492 e. The van der Waals surface area contributed by atoms with Gasteiger partial charge in [-0.15, -0.1) is 0 Å². The number of para-hydroxylation sites is 1. The van der Waals surface area contributed by atoms with Gasteiger partial charge in [-0.2, -0.15) is 0 Å². The minimum Gasteiger partial charge on any atom is -0.492 e. The first kappa shape index (κ1) is 14.7. The molecule has 0 aromatic heterocycles. The van der Waals surface area contributed by atoms with Gasteiger partial charge in [-0.25, -0.2) is 0 Å². The highest BCUT2D eigenvalue weighted by Crippen LogP contribution is 2.10. The van der Waals surface area contributed by atoms with Gasteiger partial charge in [0.15, 0.2) is 5.96 Å². The highest BCUT2D eigenvalue weighted by Gasteiger charge is 2.15. The maximum Gasteiger partial charge on any atom is 0.191 e. The quantitative estimate of drug-likeness (QED) is 0.467. The second-order valence-corrected chi connectivity index (χ2v) is 4.77. The van der Waals surface area contributed by atoms with Crippen molar-refractivity contribution >= 4 is 5.96 Å². The molecule has 2 rings (SSSR count). The zero-order chi connectivity index (χ0) is 14.0. The molecule has 1 fully saturated rings.